The van der Waals surface area contributed by atoms with Crippen molar-refractivity contribution in [2.24, 2.45) is 0 Å². The maximum Gasteiger partial charge on any atom is 0.114 e. The Balaban J connectivity index is 1.43. The second-order valence-corrected chi connectivity index (χ2v) is 12.1. The highest BCUT2D eigenvalue weighted by Gasteiger charge is 2.17. The van der Waals surface area contributed by atoms with Crippen LogP contribution in [-0.4, -0.2) is 8.75 Å². The van der Waals surface area contributed by atoms with E-state index in [1.165, 1.54) is 134 Å². The van der Waals surface area contributed by atoms with Gasteiger partial charge in [0.15, 0.2) is 0 Å². The van der Waals surface area contributed by atoms with Gasteiger partial charge in [-0.1, -0.05) is 90.2 Å². The molecule has 4 aromatic rings. The van der Waals surface area contributed by atoms with Gasteiger partial charge < -0.3 is 0 Å². The molecule has 0 amide bonds. The number of hydrogen-bond donors (Lipinski definition) is 0. The number of aryl methyl sites for hydroxylation is 2. The SMILES string of the molecule is CCCCCCCCc1csc(-c2ccc(-c3sccc3CCCCCCCC)c3nsnc23)c1. The maximum atomic E-state index is 4.77. The first-order chi connectivity index (χ1) is 17.3. The van der Waals surface area contributed by atoms with Crippen LogP contribution in [0.1, 0.15) is 102 Å². The third-order valence-corrected chi connectivity index (χ3v) is 9.48. The van der Waals surface area contributed by atoms with E-state index in [0.29, 0.717) is 0 Å². The Labute approximate surface area is 224 Å². The number of benzene rings is 1. The zero-order chi connectivity index (χ0) is 24.3. The second-order valence-electron chi connectivity index (χ2n) is 9.75. The van der Waals surface area contributed by atoms with Crippen LogP contribution in [0.15, 0.2) is 35.0 Å². The summed E-state index contributed by atoms with van der Waals surface area (Å²) in [7, 11) is 0. The highest BCUT2D eigenvalue weighted by Crippen LogP contribution is 2.40. The summed E-state index contributed by atoms with van der Waals surface area (Å²) >= 11 is 5.06. The van der Waals surface area contributed by atoms with Crippen molar-refractivity contribution in [2.75, 3.05) is 0 Å². The largest absolute Gasteiger partial charge is 0.172 e. The molecule has 0 atom stereocenters. The smallest absolute Gasteiger partial charge is 0.114 e. The van der Waals surface area contributed by atoms with E-state index < -0.39 is 0 Å². The van der Waals surface area contributed by atoms with Crippen molar-refractivity contribution in [3.8, 4) is 20.9 Å². The van der Waals surface area contributed by atoms with Crippen LogP contribution in [0.25, 0.3) is 31.9 Å². The minimum absolute atomic E-state index is 1.07. The Morgan fingerprint density at radius 1 is 0.657 bits per heavy atom. The highest BCUT2D eigenvalue weighted by atomic mass is 32.1. The zero-order valence-corrected chi connectivity index (χ0v) is 23.9. The summed E-state index contributed by atoms with van der Waals surface area (Å²) in [5, 5.41) is 4.59. The lowest BCUT2D eigenvalue weighted by molar-refractivity contribution is 0.608. The molecule has 0 aliphatic heterocycles. The number of thiophene rings is 2. The zero-order valence-electron chi connectivity index (χ0n) is 21.5. The molecule has 2 nitrogen and oxygen atoms in total. The summed E-state index contributed by atoms with van der Waals surface area (Å²) < 4.78 is 9.52. The molecule has 0 aliphatic carbocycles. The van der Waals surface area contributed by atoms with Crippen molar-refractivity contribution in [1.29, 1.82) is 0 Å². The van der Waals surface area contributed by atoms with E-state index in [0.717, 1.165) is 11.0 Å². The van der Waals surface area contributed by atoms with Gasteiger partial charge in [0.25, 0.3) is 0 Å². The monoisotopic (exact) mass is 524 g/mol. The van der Waals surface area contributed by atoms with Crippen molar-refractivity contribution in [1.82, 2.24) is 8.75 Å². The quantitative estimate of drug-likeness (QED) is 0.136. The van der Waals surface area contributed by atoms with E-state index in [9.17, 15) is 0 Å². The average Bonchev–Trinajstić information content (AvgIpc) is 3.64. The Morgan fingerprint density at radius 3 is 2.03 bits per heavy atom. The van der Waals surface area contributed by atoms with E-state index >= 15 is 0 Å². The molecule has 0 radical (unpaired) electrons. The van der Waals surface area contributed by atoms with Crippen LogP contribution >= 0.6 is 34.4 Å². The van der Waals surface area contributed by atoms with Gasteiger partial charge in [0.05, 0.1) is 11.7 Å². The van der Waals surface area contributed by atoms with Gasteiger partial charge in [-0.25, -0.2) is 0 Å². The first kappa shape index (κ1) is 26.5. The van der Waals surface area contributed by atoms with E-state index in [1.807, 2.05) is 22.7 Å². The Bertz CT molecular complexity index is 1150. The fourth-order valence-corrected chi connectivity index (χ4v) is 7.40. The molecule has 188 valence electrons. The Kier molecular flexibility index (Phi) is 10.8. The molecule has 1 aromatic carbocycles. The Morgan fingerprint density at radius 2 is 1.29 bits per heavy atom. The van der Waals surface area contributed by atoms with Crippen LogP contribution in [-0.2, 0) is 12.8 Å². The van der Waals surface area contributed by atoms with Crippen molar-refractivity contribution in [3.05, 3.63) is 46.2 Å². The predicted molar refractivity (Wildman–Crippen MR) is 158 cm³/mol. The fraction of sp³-hybridized carbons (Fsp3) is 0.533. The van der Waals surface area contributed by atoms with E-state index in [1.54, 1.807) is 0 Å². The molecule has 0 aliphatic rings. The van der Waals surface area contributed by atoms with Gasteiger partial charge in [0.1, 0.15) is 11.0 Å². The Hall–Kier alpha value is -1.56. The first-order valence-electron chi connectivity index (χ1n) is 13.7. The van der Waals surface area contributed by atoms with Gasteiger partial charge >= 0.3 is 0 Å². The molecule has 3 heterocycles. The maximum absolute atomic E-state index is 4.77. The van der Waals surface area contributed by atoms with Gasteiger partial charge in [0.2, 0.25) is 0 Å². The molecule has 0 unspecified atom stereocenters. The van der Waals surface area contributed by atoms with Crippen LogP contribution in [0.5, 0.6) is 0 Å². The summed E-state index contributed by atoms with van der Waals surface area (Å²) in [5.74, 6) is 0. The molecular formula is C30H40N2S3. The van der Waals surface area contributed by atoms with Gasteiger partial charge in [-0.05, 0) is 59.7 Å². The molecule has 0 bridgehead atoms. The lowest BCUT2D eigenvalue weighted by Crippen LogP contribution is -1.89. The van der Waals surface area contributed by atoms with Gasteiger partial charge in [-0.3, -0.25) is 0 Å². The summed E-state index contributed by atoms with van der Waals surface area (Å²) in [6, 6.07) is 9.29. The minimum atomic E-state index is 1.07. The lowest BCUT2D eigenvalue weighted by Gasteiger charge is -2.07. The summed E-state index contributed by atoms with van der Waals surface area (Å²) in [5.41, 5.74) is 7.60. The third-order valence-electron chi connectivity index (χ3n) is 6.94. The molecule has 0 spiro atoms. The fourth-order valence-electron chi connectivity index (χ4n) is 4.87. The van der Waals surface area contributed by atoms with Gasteiger partial charge in [-0.2, -0.15) is 8.75 Å². The molecule has 3 aromatic heterocycles. The topological polar surface area (TPSA) is 25.8 Å². The second kappa shape index (κ2) is 14.2. The molecular weight excluding hydrogens is 485 g/mol. The lowest BCUT2D eigenvalue weighted by atomic mass is 10.00. The number of fused-ring (bicyclic) bond motifs is 1. The van der Waals surface area contributed by atoms with E-state index in [2.05, 4.69) is 48.9 Å². The van der Waals surface area contributed by atoms with Crippen LogP contribution in [0.2, 0.25) is 0 Å². The molecule has 35 heavy (non-hydrogen) atoms. The van der Waals surface area contributed by atoms with Crippen LogP contribution in [0.3, 0.4) is 0 Å². The molecule has 0 fully saturated rings. The molecule has 5 heteroatoms. The number of nitrogens with zero attached hydrogens (tertiary/aromatic N) is 2. The third kappa shape index (κ3) is 7.24. The summed E-state index contributed by atoms with van der Waals surface area (Å²) in [6.07, 6.45) is 18.5. The average molecular weight is 525 g/mol. The van der Waals surface area contributed by atoms with Crippen LogP contribution < -0.4 is 0 Å². The molecule has 0 saturated carbocycles. The van der Waals surface area contributed by atoms with Crippen LogP contribution in [0.4, 0.5) is 0 Å². The first-order valence-corrected chi connectivity index (χ1v) is 16.2. The van der Waals surface area contributed by atoms with Gasteiger partial charge in [-0.15, -0.1) is 22.7 Å². The predicted octanol–water partition coefficient (Wildman–Crippen LogP) is 11.0. The van der Waals surface area contributed by atoms with Crippen molar-refractivity contribution >= 4 is 45.4 Å². The molecule has 0 saturated heterocycles. The number of unbranched alkanes of at least 4 members (excludes halogenated alkanes) is 10. The number of hydrogen-bond acceptors (Lipinski definition) is 5. The molecule has 4 rings (SSSR count). The summed E-state index contributed by atoms with van der Waals surface area (Å²) in [4.78, 5) is 2.71. The normalized spacial score (nSPS) is 11.6. The standard InChI is InChI=1S/C30H40N2S3/c1-3-5-7-9-11-13-15-23-21-27(34-22-23)25-17-18-26(29-28(25)31-35-32-29)30-24(19-20-33-30)16-14-12-10-8-6-4-2/h17-22H,3-16H2,1-2H3. The highest BCUT2D eigenvalue weighted by molar-refractivity contribution is 7.14. The van der Waals surface area contributed by atoms with E-state index in [-0.39, 0.29) is 0 Å². The van der Waals surface area contributed by atoms with Crippen LogP contribution in [0, 0.1) is 0 Å². The van der Waals surface area contributed by atoms with E-state index in [4.69, 9.17) is 8.75 Å². The summed E-state index contributed by atoms with van der Waals surface area (Å²) in [6.45, 7) is 4.56. The van der Waals surface area contributed by atoms with Crippen molar-refractivity contribution in [2.45, 2.75) is 104 Å². The minimum Gasteiger partial charge on any atom is -0.172 e. The number of rotatable bonds is 16. The van der Waals surface area contributed by atoms with Crippen molar-refractivity contribution in [3.63, 3.8) is 0 Å². The van der Waals surface area contributed by atoms with Gasteiger partial charge in [0, 0.05) is 20.9 Å². The number of aromatic nitrogens is 2. The van der Waals surface area contributed by atoms with Crippen molar-refractivity contribution < 1.29 is 0 Å². The molecule has 0 N–H and O–H groups in total.